The minimum atomic E-state index is -0.305. The summed E-state index contributed by atoms with van der Waals surface area (Å²) in [6.07, 6.45) is 0. The lowest BCUT2D eigenvalue weighted by Gasteiger charge is -2.37. The molecule has 1 saturated heterocycles. The van der Waals surface area contributed by atoms with Crippen molar-refractivity contribution in [2.75, 3.05) is 39.7 Å². The van der Waals surface area contributed by atoms with Gasteiger partial charge in [0.05, 0.1) is 27.2 Å². The van der Waals surface area contributed by atoms with Gasteiger partial charge in [0.25, 0.3) is 5.91 Å². The third kappa shape index (κ3) is 3.67. The van der Waals surface area contributed by atoms with Crippen molar-refractivity contribution < 1.29 is 28.3 Å². The van der Waals surface area contributed by atoms with Crippen LogP contribution in [-0.2, 0) is 4.79 Å². The van der Waals surface area contributed by atoms with Crippen LogP contribution in [0.15, 0.2) is 22.7 Å². The van der Waals surface area contributed by atoms with Crippen LogP contribution in [0.3, 0.4) is 0 Å². The average molecular weight is 375 g/mol. The molecule has 1 aromatic heterocycles. The number of aryl methyl sites for hydroxylation is 1. The van der Waals surface area contributed by atoms with Crippen molar-refractivity contribution in [3.05, 3.63) is 29.7 Å². The maximum atomic E-state index is 12.5. The van der Waals surface area contributed by atoms with Gasteiger partial charge in [0.2, 0.25) is 11.7 Å². The zero-order chi connectivity index (χ0) is 19.6. The highest BCUT2D eigenvalue weighted by Gasteiger charge is 2.37. The van der Waals surface area contributed by atoms with Gasteiger partial charge in [-0.05, 0) is 6.92 Å². The van der Waals surface area contributed by atoms with E-state index in [2.05, 4.69) is 10.5 Å². The van der Waals surface area contributed by atoms with E-state index in [1.807, 2.05) is 0 Å². The smallest absolute Gasteiger partial charge is 0.276 e. The highest BCUT2D eigenvalue weighted by atomic mass is 16.5. The van der Waals surface area contributed by atoms with Crippen LogP contribution >= 0.6 is 0 Å². The molecule has 0 spiro atoms. The Kier molecular flexibility index (Phi) is 5.20. The number of carbonyl (C=O) groups is 2. The zero-order valence-corrected chi connectivity index (χ0v) is 15.6. The zero-order valence-electron chi connectivity index (χ0n) is 15.6. The molecule has 2 heterocycles. The quantitative estimate of drug-likeness (QED) is 0.820. The number of anilines is 1. The first kappa shape index (κ1) is 18.6. The van der Waals surface area contributed by atoms with E-state index in [1.165, 1.54) is 21.3 Å². The maximum absolute atomic E-state index is 12.5. The van der Waals surface area contributed by atoms with Crippen LogP contribution < -0.4 is 19.5 Å². The third-order valence-electron chi connectivity index (χ3n) is 4.32. The highest BCUT2D eigenvalue weighted by Crippen LogP contribution is 2.40. The Hall–Kier alpha value is -3.23. The van der Waals surface area contributed by atoms with E-state index >= 15 is 0 Å². The molecule has 0 radical (unpaired) electrons. The molecule has 1 N–H and O–H groups in total. The fourth-order valence-corrected chi connectivity index (χ4v) is 2.84. The summed E-state index contributed by atoms with van der Waals surface area (Å²) < 4.78 is 20.7. The van der Waals surface area contributed by atoms with Crippen LogP contribution in [0, 0.1) is 12.8 Å². The van der Waals surface area contributed by atoms with Crippen LogP contribution in [0.5, 0.6) is 17.2 Å². The first-order valence-electron chi connectivity index (χ1n) is 8.30. The molecule has 0 bridgehead atoms. The predicted octanol–water partition coefficient (Wildman–Crippen LogP) is 1.72. The summed E-state index contributed by atoms with van der Waals surface area (Å²) in [7, 11) is 4.52. The minimum absolute atomic E-state index is 0.190. The van der Waals surface area contributed by atoms with Crippen molar-refractivity contribution >= 4 is 17.5 Å². The van der Waals surface area contributed by atoms with Crippen molar-refractivity contribution in [3.8, 4) is 17.2 Å². The summed E-state index contributed by atoms with van der Waals surface area (Å²) in [5, 5.41) is 6.53. The van der Waals surface area contributed by atoms with E-state index in [9.17, 15) is 9.59 Å². The van der Waals surface area contributed by atoms with E-state index in [0.717, 1.165) is 0 Å². The van der Waals surface area contributed by atoms with Crippen LogP contribution in [0.25, 0.3) is 0 Å². The summed E-state index contributed by atoms with van der Waals surface area (Å²) in [6, 6.07) is 4.88. The Morgan fingerprint density at radius 3 is 2.22 bits per heavy atom. The van der Waals surface area contributed by atoms with E-state index in [1.54, 1.807) is 30.0 Å². The molecular weight excluding hydrogens is 354 g/mol. The second-order valence-corrected chi connectivity index (χ2v) is 6.13. The van der Waals surface area contributed by atoms with Gasteiger partial charge in [0.1, 0.15) is 5.76 Å². The van der Waals surface area contributed by atoms with Gasteiger partial charge in [-0.15, -0.1) is 0 Å². The van der Waals surface area contributed by atoms with Gasteiger partial charge >= 0.3 is 0 Å². The molecule has 1 aliphatic rings. The monoisotopic (exact) mass is 375 g/mol. The van der Waals surface area contributed by atoms with Crippen molar-refractivity contribution in [1.82, 2.24) is 10.1 Å². The van der Waals surface area contributed by atoms with Gasteiger partial charge in [-0.1, -0.05) is 5.16 Å². The van der Waals surface area contributed by atoms with Crippen LogP contribution in [0.2, 0.25) is 0 Å². The number of nitrogens with one attached hydrogen (secondary N) is 1. The van der Waals surface area contributed by atoms with Gasteiger partial charge in [-0.25, -0.2) is 0 Å². The van der Waals surface area contributed by atoms with E-state index < -0.39 is 0 Å². The van der Waals surface area contributed by atoms with Gasteiger partial charge in [-0.2, -0.15) is 0 Å². The largest absolute Gasteiger partial charge is 0.493 e. The van der Waals surface area contributed by atoms with E-state index in [0.29, 0.717) is 41.8 Å². The molecule has 1 aliphatic heterocycles. The standard InChI is InChI=1S/C18H21N3O6/c1-10-5-13(20-27-10)18(23)21-8-11(9-21)17(22)19-12-6-14(24-2)16(26-4)15(7-12)25-3/h5-7,11H,8-9H2,1-4H3,(H,19,22). The summed E-state index contributed by atoms with van der Waals surface area (Å²) >= 11 is 0. The highest BCUT2D eigenvalue weighted by molar-refractivity contribution is 5.98. The number of hydrogen-bond donors (Lipinski definition) is 1. The second-order valence-electron chi connectivity index (χ2n) is 6.13. The van der Waals surface area contributed by atoms with Crippen LogP contribution in [-0.4, -0.2) is 56.3 Å². The van der Waals surface area contributed by atoms with Crippen molar-refractivity contribution in [2.45, 2.75) is 6.92 Å². The number of likely N-dealkylation sites (tertiary alicyclic amines) is 1. The van der Waals surface area contributed by atoms with Gasteiger partial charge in [0.15, 0.2) is 17.2 Å². The summed E-state index contributed by atoms with van der Waals surface area (Å²) in [5.74, 6) is 1.16. The van der Waals surface area contributed by atoms with Gasteiger partial charge < -0.3 is 29.0 Å². The molecule has 1 fully saturated rings. The number of methoxy groups -OCH3 is 3. The molecule has 27 heavy (non-hydrogen) atoms. The number of amides is 2. The molecule has 0 atom stereocenters. The van der Waals surface area contributed by atoms with Gasteiger partial charge in [-0.3, -0.25) is 9.59 Å². The SMILES string of the molecule is COc1cc(NC(=O)C2CN(C(=O)c3cc(C)on3)C2)cc(OC)c1OC. The maximum Gasteiger partial charge on any atom is 0.276 e. The minimum Gasteiger partial charge on any atom is -0.493 e. The Bertz CT molecular complexity index is 832. The number of rotatable bonds is 6. The number of ether oxygens (including phenoxy) is 3. The Labute approximate surface area is 156 Å². The molecule has 2 amide bonds. The van der Waals surface area contributed by atoms with Gasteiger partial charge in [0, 0.05) is 37.0 Å². The molecule has 3 rings (SSSR count). The van der Waals surface area contributed by atoms with Crippen molar-refractivity contribution in [3.63, 3.8) is 0 Å². The number of nitrogens with zero attached hydrogens (tertiary/aromatic N) is 2. The molecule has 0 unspecified atom stereocenters. The molecule has 0 saturated carbocycles. The molecule has 9 heteroatoms. The second kappa shape index (κ2) is 7.56. The fourth-order valence-electron chi connectivity index (χ4n) is 2.84. The molecule has 0 aliphatic carbocycles. The average Bonchev–Trinajstić information content (AvgIpc) is 3.05. The Balaban J connectivity index is 1.63. The number of hydrogen-bond acceptors (Lipinski definition) is 7. The predicted molar refractivity (Wildman–Crippen MR) is 95.4 cm³/mol. The number of aromatic nitrogens is 1. The lowest BCUT2D eigenvalue weighted by atomic mass is 9.98. The topological polar surface area (TPSA) is 103 Å². The molecule has 2 aromatic rings. The normalized spacial score (nSPS) is 13.7. The first-order valence-corrected chi connectivity index (χ1v) is 8.30. The lowest BCUT2D eigenvalue weighted by molar-refractivity contribution is -0.123. The fraction of sp³-hybridized carbons (Fsp3) is 0.389. The lowest BCUT2D eigenvalue weighted by Crippen LogP contribution is -2.54. The van der Waals surface area contributed by atoms with Crippen molar-refractivity contribution in [2.24, 2.45) is 5.92 Å². The molecule has 9 nitrogen and oxygen atoms in total. The van der Waals surface area contributed by atoms with E-state index in [-0.39, 0.29) is 23.4 Å². The molecule has 144 valence electrons. The van der Waals surface area contributed by atoms with Crippen molar-refractivity contribution in [1.29, 1.82) is 0 Å². The molecule has 1 aromatic carbocycles. The number of carbonyl (C=O) groups excluding carboxylic acids is 2. The van der Waals surface area contributed by atoms with Crippen LogP contribution in [0.4, 0.5) is 5.69 Å². The van der Waals surface area contributed by atoms with Crippen LogP contribution in [0.1, 0.15) is 16.2 Å². The Morgan fingerprint density at radius 1 is 1.11 bits per heavy atom. The summed E-state index contributed by atoms with van der Waals surface area (Å²) in [5.41, 5.74) is 0.766. The first-order chi connectivity index (χ1) is 13.0. The molecular formula is C18H21N3O6. The Morgan fingerprint density at radius 2 is 1.74 bits per heavy atom. The summed E-state index contributed by atoms with van der Waals surface area (Å²) in [6.45, 7) is 2.36. The number of benzene rings is 1. The summed E-state index contributed by atoms with van der Waals surface area (Å²) in [4.78, 5) is 26.2. The third-order valence-corrected chi connectivity index (χ3v) is 4.32. The van der Waals surface area contributed by atoms with E-state index in [4.69, 9.17) is 18.7 Å².